The maximum absolute atomic E-state index is 13.1. The summed E-state index contributed by atoms with van der Waals surface area (Å²) in [6.07, 6.45) is 3.41. The van der Waals surface area contributed by atoms with Gasteiger partial charge in [-0.25, -0.2) is 4.98 Å². The van der Waals surface area contributed by atoms with E-state index in [1.54, 1.807) is 6.20 Å². The molecule has 0 atom stereocenters. The van der Waals surface area contributed by atoms with E-state index >= 15 is 0 Å². The lowest BCUT2D eigenvalue weighted by Gasteiger charge is -2.03. The number of nitrogens with zero attached hydrogens (tertiary/aromatic N) is 2. The van der Waals surface area contributed by atoms with E-state index in [1.165, 1.54) is 11.6 Å². The first kappa shape index (κ1) is 11.7. The van der Waals surface area contributed by atoms with Crippen LogP contribution in [-0.2, 0) is 12.8 Å². The molecule has 0 unspecified atom stereocenters. The van der Waals surface area contributed by atoms with Crippen LogP contribution in [0.5, 0.6) is 0 Å². The maximum atomic E-state index is 13.1. The molecule has 0 amide bonds. The zero-order chi connectivity index (χ0) is 12.3. The quantitative estimate of drug-likeness (QED) is 0.757. The summed E-state index contributed by atoms with van der Waals surface area (Å²) >= 11 is 0. The van der Waals surface area contributed by atoms with Crippen molar-refractivity contribution in [1.82, 2.24) is 9.97 Å². The standard InChI is InChI=1S/C14H15FN2/c1-10-7-13(17-14(15)8-10)4-3-12-5-6-16-11(2)9-12/h5-9H,3-4H2,1-2H3. The van der Waals surface area contributed by atoms with Crippen LogP contribution in [0.2, 0.25) is 0 Å². The minimum absolute atomic E-state index is 0.397. The van der Waals surface area contributed by atoms with Crippen LogP contribution in [0, 0.1) is 19.8 Å². The van der Waals surface area contributed by atoms with Crippen LogP contribution in [-0.4, -0.2) is 9.97 Å². The van der Waals surface area contributed by atoms with Crippen molar-refractivity contribution in [3.63, 3.8) is 0 Å². The van der Waals surface area contributed by atoms with E-state index in [1.807, 2.05) is 32.0 Å². The van der Waals surface area contributed by atoms with Gasteiger partial charge in [-0.1, -0.05) is 0 Å². The monoisotopic (exact) mass is 230 g/mol. The molecule has 2 rings (SSSR count). The van der Waals surface area contributed by atoms with Gasteiger partial charge in [0, 0.05) is 17.6 Å². The smallest absolute Gasteiger partial charge is 0.213 e. The van der Waals surface area contributed by atoms with Crippen molar-refractivity contribution >= 4 is 0 Å². The SMILES string of the molecule is Cc1cc(F)nc(CCc2ccnc(C)c2)c1. The van der Waals surface area contributed by atoms with Gasteiger partial charge < -0.3 is 0 Å². The molecule has 88 valence electrons. The van der Waals surface area contributed by atoms with Crippen LogP contribution in [0.3, 0.4) is 0 Å². The molecule has 3 heteroatoms. The van der Waals surface area contributed by atoms with Crippen LogP contribution in [0.25, 0.3) is 0 Å². The van der Waals surface area contributed by atoms with Crippen LogP contribution < -0.4 is 0 Å². The predicted octanol–water partition coefficient (Wildman–Crippen LogP) is 3.02. The van der Waals surface area contributed by atoms with E-state index in [4.69, 9.17) is 0 Å². The van der Waals surface area contributed by atoms with Gasteiger partial charge in [0.05, 0.1) is 0 Å². The summed E-state index contributed by atoms with van der Waals surface area (Å²) in [5.74, 6) is -0.397. The molecule has 0 fully saturated rings. The second-order valence-electron chi connectivity index (χ2n) is 4.26. The molecule has 0 aliphatic carbocycles. The van der Waals surface area contributed by atoms with Gasteiger partial charge >= 0.3 is 0 Å². The number of pyridine rings is 2. The number of hydrogen-bond donors (Lipinski definition) is 0. The second kappa shape index (κ2) is 5.04. The lowest BCUT2D eigenvalue weighted by atomic mass is 10.1. The Hall–Kier alpha value is -1.77. The fourth-order valence-electron chi connectivity index (χ4n) is 1.85. The fourth-order valence-corrected chi connectivity index (χ4v) is 1.85. The van der Waals surface area contributed by atoms with E-state index in [0.29, 0.717) is 0 Å². The number of aromatic nitrogens is 2. The molecular formula is C14H15FN2. The summed E-state index contributed by atoms with van der Waals surface area (Å²) in [4.78, 5) is 8.04. The summed E-state index contributed by atoms with van der Waals surface area (Å²) in [7, 11) is 0. The zero-order valence-corrected chi connectivity index (χ0v) is 10.1. The van der Waals surface area contributed by atoms with Crippen molar-refractivity contribution in [2.24, 2.45) is 0 Å². The Morgan fingerprint density at radius 1 is 1.12 bits per heavy atom. The molecule has 2 aromatic heterocycles. The van der Waals surface area contributed by atoms with Gasteiger partial charge in [-0.05, 0) is 62.1 Å². The molecule has 0 aliphatic rings. The summed E-state index contributed by atoms with van der Waals surface area (Å²) in [6, 6.07) is 7.41. The number of halogens is 1. The number of rotatable bonds is 3. The topological polar surface area (TPSA) is 25.8 Å². The van der Waals surface area contributed by atoms with Crippen molar-refractivity contribution in [3.05, 3.63) is 58.9 Å². The first-order valence-electron chi connectivity index (χ1n) is 5.68. The Labute approximate surface area is 101 Å². The second-order valence-corrected chi connectivity index (χ2v) is 4.26. The summed E-state index contributed by atoms with van der Waals surface area (Å²) < 4.78 is 13.1. The molecule has 2 heterocycles. The number of hydrogen-bond acceptors (Lipinski definition) is 2. The molecule has 2 nitrogen and oxygen atoms in total. The molecule has 0 spiro atoms. The Bertz CT molecular complexity index is 503. The average Bonchev–Trinajstić information content (AvgIpc) is 2.25. The first-order valence-corrected chi connectivity index (χ1v) is 5.68. The van der Waals surface area contributed by atoms with Gasteiger partial charge in [-0.15, -0.1) is 0 Å². The molecule has 2 aromatic rings. The molecular weight excluding hydrogens is 215 g/mol. The molecule has 0 N–H and O–H groups in total. The Morgan fingerprint density at radius 2 is 1.94 bits per heavy atom. The lowest BCUT2D eigenvalue weighted by molar-refractivity contribution is 0.574. The minimum Gasteiger partial charge on any atom is -0.262 e. The molecule has 17 heavy (non-hydrogen) atoms. The van der Waals surface area contributed by atoms with Gasteiger partial charge in [0.2, 0.25) is 5.95 Å². The zero-order valence-electron chi connectivity index (χ0n) is 10.1. The van der Waals surface area contributed by atoms with E-state index < -0.39 is 5.95 Å². The third-order valence-electron chi connectivity index (χ3n) is 2.62. The van der Waals surface area contributed by atoms with E-state index in [0.717, 1.165) is 29.8 Å². The molecule has 0 saturated heterocycles. The first-order chi connectivity index (χ1) is 8.13. The lowest BCUT2D eigenvalue weighted by Crippen LogP contribution is -1.98. The van der Waals surface area contributed by atoms with E-state index in [2.05, 4.69) is 9.97 Å². The highest BCUT2D eigenvalue weighted by atomic mass is 19.1. The highest BCUT2D eigenvalue weighted by Crippen LogP contribution is 2.09. The van der Waals surface area contributed by atoms with Crippen LogP contribution in [0.4, 0.5) is 4.39 Å². The fraction of sp³-hybridized carbons (Fsp3) is 0.286. The van der Waals surface area contributed by atoms with Crippen molar-refractivity contribution in [2.45, 2.75) is 26.7 Å². The van der Waals surface area contributed by atoms with Crippen LogP contribution in [0.15, 0.2) is 30.5 Å². The third kappa shape index (κ3) is 3.34. The molecule has 0 saturated carbocycles. The van der Waals surface area contributed by atoms with Crippen molar-refractivity contribution in [1.29, 1.82) is 0 Å². The number of aryl methyl sites for hydroxylation is 4. The van der Waals surface area contributed by atoms with Crippen molar-refractivity contribution in [3.8, 4) is 0 Å². The predicted molar refractivity (Wildman–Crippen MR) is 65.3 cm³/mol. The van der Waals surface area contributed by atoms with Gasteiger partial charge in [-0.3, -0.25) is 4.98 Å². The van der Waals surface area contributed by atoms with Gasteiger partial charge in [0.1, 0.15) is 0 Å². The van der Waals surface area contributed by atoms with Gasteiger partial charge in [0.15, 0.2) is 0 Å². The van der Waals surface area contributed by atoms with Gasteiger partial charge in [0.25, 0.3) is 0 Å². The Morgan fingerprint density at radius 3 is 2.65 bits per heavy atom. The summed E-state index contributed by atoms with van der Waals surface area (Å²) in [6.45, 7) is 3.85. The Kier molecular flexibility index (Phi) is 3.47. The highest BCUT2D eigenvalue weighted by molar-refractivity contribution is 5.19. The molecule has 0 bridgehead atoms. The normalized spacial score (nSPS) is 10.5. The largest absolute Gasteiger partial charge is 0.262 e. The molecule has 0 aromatic carbocycles. The summed E-state index contributed by atoms with van der Waals surface area (Å²) in [5.41, 5.74) is 3.93. The Balaban J connectivity index is 2.07. The molecule has 0 aliphatic heterocycles. The molecule has 0 radical (unpaired) electrons. The average molecular weight is 230 g/mol. The maximum Gasteiger partial charge on any atom is 0.213 e. The van der Waals surface area contributed by atoms with E-state index in [9.17, 15) is 4.39 Å². The van der Waals surface area contributed by atoms with E-state index in [-0.39, 0.29) is 0 Å². The van der Waals surface area contributed by atoms with Crippen molar-refractivity contribution in [2.75, 3.05) is 0 Å². The minimum atomic E-state index is -0.397. The van der Waals surface area contributed by atoms with Gasteiger partial charge in [-0.2, -0.15) is 4.39 Å². The highest BCUT2D eigenvalue weighted by Gasteiger charge is 2.01. The summed E-state index contributed by atoms with van der Waals surface area (Å²) in [5, 5.41) is 0. The van der Waals surface area contributed by atoms with Crippen molar-refractivity contribution < 1.29 is 4.39 Å². The third-order valence-corrected chi connectivity index (χ3v) is 2.62. The van der Waals surface area contributed by atoms with Crippen LogP contribution in [0.1, 0.15) is 22.5 Å². The van der Waals surface area contributed by atoms with Crippen LogP contribution >= 0.6 is 0 Å².